The molecule has 1 aromatic rings. The third-order valence-electron chi connectivity index (χ3n) is 3.24. The number of carboxylic acids is 1. The molecular weight excluding hydrogens is 252 g/mol. The Bertz CT molecular complexity index is 563. The summed E-state index contributed by atoms with van der Waals surface area (Å²) in [5.74, 6) is -2.45. The van der Waals surface area contributed by atoms with Gasteiger partial charge >= 0.3 is 5.97 Å². The molecule has 2 unspecified atom stereocenters. The lowest BCUT2D eigenvalue weighted by Gasteiger charge is -2.29. The first-order valence-electron chi connectivity index (χ1n) is 5.81. The van der Waals surface area contributed by atoms with Gasteiger partial charge in [-0.05, 0) is 25.0 Å². The molecule has 2 saturated heterocycles. The Morgan fingerprint density at radius 3 is 2.53 bits per heavy atom. The van der Waals surface area contributed by atoms with Gasteiger partial charge in [-0.25, -0.2) is 14.7 Å². The maximum Gasteiger partial charge on any atom is 0.339 e. The van der Waals surface area contributed by atoms with Crippen LogP contribution in [0.15, 0.2) is 18.3 Å². The molecule has 0 aliphatic carbocycles. The molecule has 2 atom stereocenters. The molecule has 98 valence electrons. The Morgan fingerprint density at radius 2 is 1.95 bits per heavy atom. The number of rotatable bonds is 2. The van der Waals surface area contributed by atoms with Crippen LogP contribution in [-0.2, 0) is 14.3 Å². The van der Waals surface area contributed by atoms with Gasteiger partial charge in [0.25, 0.3) is 11.8 Å². The Hall–Kier alpha value is -2.28. The molecule has 1 aromatic heterocycles. The lowest BCUT2D eigenvalue weighted by molar-refractivity contribution is -0.146. The monoisotopic (exact) mass is 262 g/mol. The van der Waals surface area contributed by atoms with Gasteiger partial charge in [-0.15, -0.1) is 0 Å². The fourth-order valence-electron chi connectivity index (χ4n) is 2.35. The molecule has 0 saturated carbocycles. The Labute approximate surface area is 107 Å². The van der Waals surface area contributed by atoms with E-state index in [4.69, 9.17) is 9.84 Å². The summed E-state index contributed by atoms with van der Waals surface area (Å²) >= 11 is 0. The average Bonchev–Trinajstić information content (AvgIpc) is 2.84. The molecular formula is C12H10N2O5. The van der Waals surface area contributed by atoms with Gasteiger partial charge in [0.2, 0.25) is 0 Å². The number of hydrogen-bond acceptors (Lipinski definition) is 5. The largest absolute Gasteiger partial charge is 0.478 e. The number of carboxylic acid groups (broad SMARTS) is 1. The van der Waals surface area contributed by atoms with Crippen LogP contribution in [0.1, 0.15) is 23.2 Å². The molecule has 2 aliphatic rings. The van der Waals surface area contributed by atoms with Gasteiger partial charge in [0, 0.05) is 6.20 Å². The van der Waals surface area contributed by atoms with Gasteiger partial charge in [-0.1, -0.05) is 0 Å². The Morgan fingerprint density at radius 1 is 1.32 bits per heavy atom. The maximum atomic E-state index is 12.1. The lowest BCUT2D eigenvalue weighted by atomic mass is 10.2. The SMILES string of the molecule is O=C(O)c1cccnc1N1C(=O)C2CCC(O2)C1=O. The molecule has 2 aliphatic heterocycles. The van der Waals surface area contributed by atoms with Crippen LogP contribution in [0, 0.1) is 0 Å². The minimum absolute atomic E-state index is 0.134. The number of pyridine rings is 1. The summed E-state index contributed by atoms with van der Waals surface area (Å²) in [7, 11) is 0. The van der Waals surface area contributed by atoms with Crippen molar-refractivity contribution in [2.24, 2.45) is 0 Å². The topological polar surface area (TPSA) is 96.8 Å². The number of aromatic carboxylic acids is 1. The number of carbonyl (C=O) groups is 3. The van der Waals surface area contributed by atoms with Crippen molar-refractivity contribution in [1.82, 2.24) is 4.98 Å². The molecule has 0 spiro atoms. The number of nitrogens with zero attached hydrogens (tertiary/aromatic N) is 2. The van der Waals surface area contributed by atoms with E-state index in [9.17, 15) is 14.4 Å². The summed E-state index contributed by atoms with van der Waals surface area (Å²) in [5, 5.41) is 9.10. The zero-order valence-corrected chi connectivity index (χ0v) is 9.78. The fraction of sp³-hybridized carbons (Fsp3) is 0.333. The van der Waals surface area contributed by atoms with Crippen molar-refractivity contribution in [1.29, 1.82) is 0 Å². The van der Waals surface area contributed by atoms with Gasteiger partial charge in [0.15, 0.2) is 5.82 Å². The van der Waals surface area contributed by atoms with Crippen molar-refractivity contribution in [3.05, 3.63) is 23.9 Å². The van der Waals surface area contributed by atoms with E-state index >= 15 is 0 Å². The number of anilines is 1. The van der Waals surface area contributed by atoms with Crippen LogP contribution in [-0.4, -0.2) is 40.1 Å². The first-order valence-corrected chi connectivity index (χ1v) is 5.81. The van der Waals surface area contributed by atoms with Crippen LogP contribution in [0.4, 0.5) is 5.82 Å². The highest BCUT2D eigenvalue weighted by atomic mass is 16.5. The molecule has 3 rings (SSSR count). The number of morpholine rings is 1. The molecule has 2 amide bonds. The quantitative estimate of drug-likeness (QED) is 0.765. The summed E-state index contributed by atoms with van der Waals surface area (Å²) in [5.41, 5.74) is -0.175. The van der Waals surface area contributed by atoms with Crippen LogP contribution in [0.3, 0.4) is 0 Å². The minimum Gasteiger partial charge on any atom is -0.478 e. The Balaban J connectivity index is 2.09. The third-order valence-corrected chi connectivity index (χ3v) is 3.24. The van der Waals surface area contributed by atoms with E-state index in [0.29, 0.717) is 12.8 Å². The molecule has 0 aromatic carbocycles. The summed E-state index contributed by atoms with van der Waals surface area (Å²) in [6, 6.07) is 2.75. The van der Waals surface area contributed by atoms with Crippen molar-refractivity contribution >= 4 is 23.6 Å². The molecule has 2 bridgehead atoms. The highest BCUT2D eigenvalue weighted by Crippen LogP contribution is 2.32. The second-order valence-electron chi connectivity index (χ2n) is 4.38. The second kappa shape index (κ2) is 4.13. The summed E-state index contributed by atoms with van der Waals surface area (Å²) in [6.45, 7) is 0. The van der Waals surface area contributed by atoms with E-state index in [1.165, 1.54) is 18.3 Å². The van der Waals surface area contributed by atoms with Gasteiger partial charge in [-0.2, -0.15) is 0 Å². The number of amides is 2. The number of imide groups is 1. The van der Waals surface area contributed by atoms with E-state index in [0.717, 1.165) is 4.90 Å². The second-order valence-corrected chi connectivity index (χ2v) is 4.38. The molecule has 0 radical (unpaired) electrons. The first kappa shape index (κ1) is 11.8. The van der Waals surface area contributed by atoms with Gasteiger partial charge in [-0.3, -0.25) is 9.59 Å². The summed E-state index contributed by atoms with van der Waals surface area (Å²) in [4.78, 5) is 40.1. The van der Waals surface area contributed by atoms with Crippen molar-refractivity contribution in [2.45, 2.75) is 25.0 Å². The number of aromatic nitrogens is 1. The average molecular weight is 262 g/mol. The van der Waals surface area contributed by atoms with Crippen LogP contribution >= 0.6 is 0 Å². The smallest absolute Gasteiger partial charge is 0.339 e. The number of carbonyl (C=O) groups excluding carboxylic acids is 2. The highest BCUT2D eigenvalue weighted by molar-refractivity contribution is 6.21. The van der Waals surface area contributed by atoms with E-state index in [2.05, 4.69) is 4.98 Å². The maximum absolute atomic E-state index is 12.1. The van der Waals surface area contributed by atoms with E-state index in [1.54, 1.807) is 0 Å². The van der Waals surface area contributed by atoms with Gasteiger partial charge in [0.1, 0.15) is 17.8 Å². The lowest BCUT2D eigenvalue weighted by Crippen LogP contribution is -2.52. The zero-order chi connectivity index (χ0) is 13.6. The molecule has 7 heteroatoms. The predicted molar refractivity (Wildman–Crippen MR) is 61.6 cm³/mol. The standard InChI is InChI=1S/C12H10N2O5/c15-10-7-3-4-8(19-7)11(16)14(10)9-6(12(17)18)2-1-5-13-9/h1-2,5,7-8H,3-4H2,(H,17,18). The molecule has 1 N–H and O–H groups in total. The first-order chi connectivity index (χ1) is 9.09. The fourth-order valence-corrected chi connectivity index (χ4v) is 2.35. The molecule has 19 heavy (non-hydrogen) atoms. The summed E-state index contributed by atoms with van der Waals surface area (Å²) in [6.07, 6.45) is 0.944. The normalized spacial score (nSPS) is 25.8. The highest BCUT2D eigenvalue weighted by Gasteiger charge is 2.48. The molecule has 2 fully saturated rings. The van der Waals surface area contributed by atoms with Crippen LogP contribution in [0.5, 0.6) is 0 Å². The van der Waals surface area contributed by atoms with E-state index < -0.39 is 30.0 Å². The van der Waals surface area contributed by atoms with Gasteiger partial charge < -0.3 is 9.84 Å². The van der Waals surface area contributed by atoms with Crippen LogP contribution in [0.2, 0.25) is 0 Å². The number of fused-ring (bicyclic) bond motifs is 2. The summed E-state index contributed by atoms with van der Waals surface area (Å²) < 4.78 is 5.26. The van der Waals surface area contributed by atoms with Crippen molar-refractivity contribution in [3.63, 3.8) is 0 Å². The Kier molecular flexibility index (Phi) is 2.56. The molecule has 3 heterocycles. The number of ether oxygens (including phenoxy) is 1. The van der Waals surface area contributed by atoms with Crippen LogP contribution < -0.4 is 4.90 Å². The van der Waals surface area contributed by atoms with E-state index in [-0.39, 0.29) is 11.4 Å². The zero-order valence-electron chi connectivity index (χ0n) is 9.78. The van der Waals surface area contributed by atoms with E-state index in [1.807, 2.05) is 0 Å². The van der Waals surface area contributed by atoms with Crippen LogP contribution in [0.25, 0.3) is 0 Å². The van der Waals surface area contributed by atoms with Gasteiger partial charge in [0.05, 0.1) is 0 Å². The van der Waals surface area contributed by atoms with Crippen molar-refractivity contribution < 1.29 is 24.2 Å². The van der Waals surface area contributed by atoms with Crippen molar-refractivity contribution in [2.75, 3.05) is 4.90 Å². The van der Waals surface area contributed by atoms with Crippen molar-refractivity contribution in [3.8, 4) is 0 Å². The number of hydrogen-bond donors (Lipinski definition) is 1. The predicted octanol–water partition coefficient (Wildman–Crippen LogP) is 0.201. The minimum atomic E-state index is -1.23. The third kappa shape index (κ3) is 1.70. The molecule has 7 nitrogen and oxygen atoms in total.